The summed E-state index contributed by atoms with van der Waals surface area (Å²) in [6.45, 7) is 7.87. The number of halogens is 1. The molecule has 0 N–H and O–H groups in total. The normalized spacial score (nSPS) is 11.1. The minimum atomic E-state index is -0.312. The number of imidazole rings is 1. The van der Waals surface area contributed by atoms with Crippen LogP contribution in [0.1, 0.15) is 22.5 Å². The summed E-state index contributed by atoms with van der Waals surface area (Å²) in [5.74, 6) is 1.56. The zero-order chi connectivity index (χ0) is 25.6. The highest BCUT2D eigenvalue weighted by atomic mass is 19.1. The minimum Gasteiger partial charge on any atom is -0.493 e. The second-order valence-electron chi connectivity index (χ2n) is 8.42. The van der Waals surface area contributed by atoms with Gasteiger partial charge in [-0.25, -0.2) is 14.2 Å². The molecule has 0 atom stereocenters. The standard InChI is InChI=1S/C31H24FN3O2/c1-33-25-17-14-22(15-18-25)20-35-28-12-6-5-11-27(28)34-30(35)19-16-23-9-7-13-29(36-2)31(23)37-21-24-8-3-4-10-26(24)32/h3-19H,20-21H2,2H3/b19-16+. The van der Waals surface area contributed by atoms with Gasteiger partial charge in [-0.2, -0.15) is 0 Å². The first-order chi connectivity index (χ1) is 18.2. The summed E-state index contributed by atoms with van der Waals surface area (Å²) in [7, 11) is 1.58. The number of benzene rings is 4. The second kappa shape index (κ2) is 10.8. The van der Waals surface area contributed by atoms with Gasteiger partial charge in [0, 0.05) is 17.7 Å². The van der Waals surface area contributed by atoms with Crippen LogP contribution < -0.4 is 9.47 Å². The Hall–Kier alpha value is -4.89. The van der Waals surface area contributed by atoms with Crippen molar-refractivity contribution in [2.75, 3.05) is 7.11 Å². The van der Waals surface area contributed by atoms with Crippen LogP contribution in [-0.2, 0) is 13.2 Å². The molecule has 0 unspecified atom stereocenters. The molecule has 37 heavy (non-hydrogen) atoms. The number of methoxy groups -OCH3 is 1. The third-order valence-electron chi connectivity index (χ3n) is 6.06. The number of hydrogen-bond donors (Lipinski definition) is 0. The lowest BCUT2D eigenvalue weighted by Gasteiger charge is -2.14. The molecule has 6 heteroatoms. The molecule has 5 aromatic rings. The molecule has 1 heterocycles. The highest BCUT2D eigenvalue weighted by Gasteiger charge is 2.13. The predicted octanol–water partition coefficient (Wildman–Crippen LogP) is 7.53. The van der Waals surface area contributed by atoms with Crippen LogP contribution in [0.25, 0.3) is 28.0 Å². The van der Waals surface area contributed by atoms with Gasteiger partial charge in [-0.3, -0.25) is 0 Å². The van der Waals surface area contributed by atoms with Crippen LogP contribution in [0, 0.1) is 12.4 Å². The minimum absolute atomic E-state index is 0.0764. The first-order valence-corrected chi connectivity index (χ1v) is 11.8. The van der Waals surface area contributed by atoms with Gasteiger partial charge in [0.25, 0.3) is 0 Å². The number of fused-ring (bicyclic) bond motifs is 1. The van der Waals surface area contributed by atoms with Gasteiger partial charge in [-0.15, -0.1) is 0 Å². The van der Waals surface area contributed by atoms with Crippen LogP contribution in [0.15, 0.2) is 91.0 Å². The van der Waals surface area contributed by atoms with E-state index in [2.05, 4.69) is 9.41 Å². The van der Waals surface area contributed by atoms with Gasteiger partial charge in [-0.05, 0) is 42.0 Å². The Balaban J connectivity index is 1.49. The Kier molecular flexibility index (Phi) is 6.95. The number of nitrogens with zero attached hydrogens (tertiary/aromatic N) is 3. The van der Waals surface area contributed by atoms with Crippen molar-refractivity contribution in [2.24, 2.45) is 0 Å². The molecule has 182 valence electrons. The Labute approximate surface area is 214 Å². The summed E-state index contributed by atoms with van der Waals surface area (Å²) in [4.78, 5) is 8.32. The van der Waals surface area contributed by atoms with Crippen LogP contribution in [0.4, 0.5) is 10.1 Å². The van der Waals surface area contributed by atoms with Crippen molar-refractivity contribution in [3.63, 3.8) is 0 Å². The Morgan fingerprint density at radius 1 is 0.919 bits per heavy atom. The molecule has 1 aromatic heterocycles. The smallest absolute Gasteiger partial charge is 0.187 e. The van der Waals surface area contributed by atoms with E-state index in [-0.39, 0.29) is 12.4 Å². The van der Waals surface area contributed by atoms with Crippen molar-refractivity contribution in [2.45, 2.75) is 13.2 Å². The molecular weight excluding hydrogens is 465 g/mol. The lowest BCUT2D eigenvalue weighted by molar-refractivity contribution is 0.279. The van der Waals surface area contributed by atoms with Gasteiger partial charge < -0.3 is 14.0 Å². The highest BCUT2D eigenvalue weighted by molar-refractivity contribution is 5.81. The van der Waals surface area contributed by atoms with Crippen molar-refractivity contribution < 1.29 is 13.9 Å². The number of rotatable bonds is 8. The van der Waals surface area contributed by atoms with Crippen molar-refractivity contribution in [3.8, 4) is 11.5 Å². The van der Waals surface area contributed by atoms with Gasteiger partial charge in [0.05, 0.1) is 24.7 Å². The molecule has 0 aliphatic carbocycles. The summed E-state index contributed by atoms with van der Waals surface area (Å²) in [6.07, 6.45) is 3.87. The zero-order valence-electron chi connectivity index (χ0n) is 20.3. The van der Waals surface area contributed by atoms with Gasteiger partial charge in [0.1, 0.15) is 18.2 Å². The van der Waals surface area contributed by atoms with E-state index in [1.54, 1.807) is 25.3 Å². The molecule has 0 radical (unpaired) electrons. The summed E-state index contributed by atoms with van der Waals surface area (Å²) in [5, 5.41) is 0. The first-order valence-electron chi connectivity index (χ1n) is 11.8. The fraction of sp³-hybridized carbons (Fsp3) is 0.0968. The summed E-state index contributed by atoms with van der Waals surface area (Å²) >= 11 is 0. The maximum atomic E-state index is 14.2. The van der Waals surface area contributed by atoms with Gasteiger partial charge in [0.2, 0.25) is 0 Å². The molecule has 5 rings (SSSR count). The molecular formula is C31H24FN3O2. The second-order valence-corrected chi connectivity index (χ2v) is 8.42. The Morgan fingerprint density at radius 2 is 1.70 bits per heavy atom. The third-order valence-corrected chi connectivity index (χ3v) is 6.06. The molecule has 0 saturated heterocycles. The number of para-hydroxylation sites is 3. The Bertz CT molecular complexity index is 1610. The van der Waals surface area contributed by atoms with E-state index in [1.165, 1.54) is 6.07 Å². The monoisotopic (exact) mass is 489 g/mol. The van der Waals surface area contributed by atoms with Crippen molar-refractivity contribution in [1.82, 2.24) is 9.55 Å². The highest BCUT2D eigenvalue weighted by Crippen LogP contribution is 2.33. The van der Waals surface area contributed by atoms with Crippen molar-refractivity contribution in [1.29, 1.82) is 0 Å². The van der Waals surface area contributed by atoms with Gasteiger partial charge >= 0.3 is 0 Å². The molecule has 0 fully saturated rings. The largest absolute Gasteiger partial charge is 0.493 e. The number of ether oxygens (including phenoxy) is 2. The summed E-state index contributed by atoms with van der Waals surface area (Å²) in [5.41, 5.74) is 4.84. The van der Waals surface area contributed by atoms with E-state index in [4.69, 9.17) is 21.0 Å². The van der Waals surface area contributed by atoms with Crippen molar-refractivity contribution >= 4 is 28.9 Å². The zero-order valence-corrected chi connectivity index (χ0v) is 20.3. The quantitative estimate of drug-likeness (QED) is 0.212. The van der Waals surface area contributed by atoms with Gasteiger partial charge in [0.15, 0.2) is 17.2 Å². The Morgan fingerprint density at radius 3 is 2.49 bits per heavy atom. The first kappa shape index (κ1) is 23.8. The lowest BCUT2D eigenvalue weighted by atomic mass is 10.1. The molecule has 0 amide bonds. The van der Waals surface area contributed by atoms with E-state index >= 15 is 0 Å². The molecule has 0 bridgehead atoms. The van der Waals surface area contributed by atoms with E-state index in [9.17, 15) is 4.39 Å². The topological polar surface area (TPSA) is 40.6 Å². The average Bonchev–Trinajstić information content (AvgIpc) is 3.29. The maximum Gasteiger partial charge on any atom is 0.187 e. The maximum absolute atomic E-state index is 14.2. The SMILES string of the molecule is [C-]#[N+]c1ccc(Cn2c(/C=C/c3cccc(OC)c3OCc3ccccc3F)nc3ccccc32)cc1. The van der Waals surface area contributed by atoms with Crippen LogP contribution >= 0.6 is 0 Å². The van der Waals surface area contributed by atoms with Gasteiger partial charge in [-0.1, -0.05) is 66.7 Å². The number of aromatic nitrogens is 2. The van der Waals surface area contributed by atoms with E-state index in [0.29, 0.717) is 29.3 Å². The fourth-order valence-electron chi connectivity index (χ4n) is 4.15. The van der Waals surface area contributed by atoms with Crippen LogP contribution in [0.5, 0.6) is 11.5 Å². The van der Waals surface area contributed by atoms with E-state index in [0.717, 1.165) is 28.0 Å². The molecule has 0 aliphatic rings. The van der Waals surface area contributed by atoms with Crippen LogP contribution in [0.3, 0.4) is 0 Å². The van der Waals surface area contributed by atoms with Crippen LogP contribution in [-0.4, -0.2) is 16.7 Å². The summed E-state index contributed by atoms with van der Waals surface area (Å²) in [6, 6.07) is 27.7. The molecule has 0 saturated carbocycles. The molecule has 4 aromatic carbocycles. The third kappa shape index (κ3) is 5.21. The average molecular weight is 490 g/mol. The summed E-state index contributed by atoms with van der Waals surface area (Å²) < 4.78 is 27.9. The predicted molar refractivity (Wildman–Crippen MR) is 144 cm³/mol. The fourth-order valence-corrected chi connectivity index (χ4v) is 4.15. The molecule has 5 nitrogen and oxygen atoms in total. The van der Waals surface area contributed by atoms with E-state index in [1.807, 2.05) is 78.9 Å². The lowest BCUT2D eigenvalue weighted by Crippen LogP contribution is -2.02. The molecule has 0 aliphatic heterocycles. The number of hydrogen-bond acceptors (Lipinski definition) is 3. The van der Waals surface area contributed by atoms with E-state index < -0.39 is 0 Å². The van der Waals surface area contributed by atoms with Crippen molar-refractivity contribution in [3.05, 3.63) is 131 Å². The molecule has 0 spiro atoms. The van der Waals surface area contributed by atoms with Crippen LogP contribution in [0.2, 0.25) is 0 Å².